The van der Waals surface area contributed by atoms with Crippen LogP contribution in [0.1, 0.15) is 37.0 Å². The Kier molecular flexibility index (Phi) is 5.80. The molecule has 1 N–H and O–H groups in total. The van der Waals surface area contributed by atoms with E-state index in [0.717, 1.165) is 23.4 Å². The monoisotopic (exact) mass is 311 g/mol. The molecule has 0 saturated carbocycles. The van der Waals surface area contributed by atoms with E-state index in [9.17, 15) is 4.79 Å². The van der Waals surface area contributed by atoms with Gasteiger partial charge in [0.2, 0.25) is 0 Å². The van der Waals surface area contributed by atoms with Gasteiger partial charge in [0.1, 0.15) is 5.75 Å². The molecule has 2 aromatic carbocycles. The van der Waals surface area contributed by atoms with E-state index in [4.69, 9.17) is 4.74 Å². The molecule has 0 heterocycles. The molecule has 1 amide bonds. The van der Waals surface area contributed by atoms with Crippen molar-refractivity contribution < 1.29 is 9.53 Å². The molecule has 1 atom stereocenters. The van der Waals surface area contributed by atoms with Crippen molar-refractivity contribution in [2.75, 3.05) is 5.32 Å². The Bertz CT molecular complexity index is 662. The Morgan fingerprint density at radius 2 is 1.78 bits per heavy atom. The number of aryl methyl sites for hydroxylation is 3. The Balaban J connectivity index is 2.05. The van der Waals surface area contributed by atoms with Gasteiger partial charge in [-0.1, -0.05) is 43.7 Å². The van der Waals surface area contributed by atoms with Crippen LogP contribution in [0.3, 0.4) is 0 Å². The molecule has 0 aliphatic heterocycles. The third-order valence-corrected chi connectivity index (χ3v) is 3.91. The number of hydrogen-bond acceptors (Lipinski definition) is 2. The number of ether oxygens (including phenoxy) is 1. The number of anilines is 1. The zero-order chi connectivity index (χ0) is 16.8. The van der Waals surface area contributed by atoms with Gasteiger partial charge in [-0.25, -0.2) is 0 Å². The molecule has 23 heavy (non-hydrogen) atoms. The van der Waals surface area contributed by atoms with Crippen molar-refractivity contribution in [3.8, 4) is 5.75 Å². The van der Waals surface area contributed by atoms with Crippen LogP contribution < -0.4 is 10.1 Å². The van der Waals surface area contributed by atoms with Crippen molar-refractivity contribution in [2.45, 2.75) is 46.6 Å². The van der Waals surface area contributed by atoms with E-state index in [1.165, 1.54) is 11.1 Å². The van der Waals surface area contributed by atoms with Crippen molar-refractivity contribution in [1.82, 2.24) is 0 Å². The Morgan fingerprint density at radius 1 is 1.09 bits per heavy atom. The molecule has 0 bridgehead atoms. The first-order valence-corrected chi connectivity index (χ1v) is 8.17. The zero-order valence-corrected chi connectivity index (χ0v) is 14.3. The molecule has 0 spiro atoms. The van der Waals surface area contributed by atoms with Gasteiger partial charge in [0.15, 0.2) is 6.10 Å². The summed E-state index contributed by atoms with van der Waals surface area (Å²) in [6.07, 6.45) is 1.11. The molecular weight excluding hydrogens is 286 g/mol. The maximum absolute atomic E-state index is 12.5. The van der Waals surface area contributed by atoms with Gasteiger partial charge in [-0.2, -0.15) is 0 Å². The Hall–Kier alpha value is -2.29. The largest absolute Gasteiger partial charge is 0.481 e. The van der Waals surface area contributed by atoms with Crippen LogP contribution in [0.15, 0.2) is 42.5 Å². The molecule has 0 aliphatic carbocycles. The fourth-order valence-electron chi connectivity index (χ4n) is 2.46. The van der Waals surface area contributed by atoms with Gasteiger partial charge in [0.05, 0.1) is 0 Å². The van der Waals surface area contributed by atoms with Gasteiger partial charge in [0, 0.05) is 5.69 Å². The predicted octanol–water partition coefficient (Wildman–Crippen LogP) is 4.66. The second-order valence-corrected chi connectivity index (χ2v) is 5.82. The first-order valence-electron chi connectivity index (χ1n) is 8.17. The van der Waals surface area contributed by atoms with Crippen molar-refractivity contribution in [1.29, 1.82) is 0 Å². The Morgan fingerprint density at radius 3 is 2.35 bits per heavy atom. The van der Waals surface area contributed by atoms with Crippen LogP contribution in [-0.2, 0) is 11.2 Å². The van der Waals surface area contributed by atoms with Gasteiger partial charge in [-0.05, 0) is 56.0 Å². The number of carbonyl (C=O) groups excluding carboxylic acids is 1. The first kappa shape index (κ1) is 17.1. The lowest BCUT2D eigenvalue weighted by Crippen LogP contribution is -2.32. The van der Waals surface area contributed by atoms with Crippen LogP contribution in [0.4, 0.5) is 5.69 Å². The highest BCUT2D eigenvalue weighted by molar-refractivity contribution is 5.95. The fraction of sp³-hybridized carbons (Fsp3) is 0.350. The molecule has 0 radical (unpaired) electrons. The number of nitrogens with one attached hydrogen (secondary N) is 1. The zero-order valence-electron chi connectivity index (χ0n) is 14.3. The van der Waals surface area contributed by atoms with E-state index in [1.54, 1.807) is 0 Å². The van der Waals surface area contributed by atoms with Crippen LogP contribution in [0.2, 0.25) is 0 Å². The summed E-state index contributed by atoms with van der Waals surface area (Å²) in [5, 5.41) is 2.97. The minimum absolute atomic E-state index is 0.112. The summed E-state index contributed by atoms with van der Waals surface area (Å²) in [4.78, 5) is 12.5. The summed E-state index contributed by atoms with van der Waals surface area (Å²) in [6.45, 7) is 8.10. The highest BCUT2D eigenvalue weighted by Gasteiger charge is 2.19. The average Bonchev–Trinajstić information content (AvgIpc) is 2.55. The molecular formula is C20H25NO2. The van der Waals surface area contributed by atoms with Gasteiger partial charge in [-0.15, -0.1) is 0 Å². The fourth-order valence-corrected chi connectivity index (χ4v) is 2.46. The lowest BCUT2D eigenvalue weighted by molar-refractivity contribution is -0.122. The predicted molar refractivity (Wildman–Crippen MR) is 95.1 cm³/mol. The van der Waals surface area contributed by atoms with Gasteiger partial charge >= 0.3 is 0 Å². The first-order chi connectivity index (χ1) is 11.0. The van der Waals surface area contributed by atoms with Crippen LogP contribution in [-0.4, -0.2) is 12.0 Å². The van der Waals surface area contributed by atoms with E-state index in [2.05, 4.69) is 18.3 Å². The highest BCUT2D eigenvalue weighted by atomic mass is 16.5. The molecule has 2 aromatic rings. The van der Waals surface area contributed by atoms with Gasteiger partial charge < -0.3 is 10.1 Å². The van der Waals surface area contributed by atoms with E-state index >= 15 is 0 Å². The van der Waals surface area contributed by atoms with Gasteiger partial charge in [0.25, 0.3) is 5.91 Å². The maximum atomic E-state index is 12.5. The SMILES string of the molecule is CCc1ccc(O[C@@H](CC)C(=O)Nc2ccc(C)cc2C)cc1. The molecule has 122 valence electrons. The second-order valence-electron chi connectivity index (χ2n) is 5.82. The number of amides is 1. The van der Waals surface area contributed by atoms with E-state index in [-0.39, 0.29) is 5.91 Å². The normalized spacial score (nSPS) is 11.8. The minimum atomic E-state index is -0.497. The van der Waals surface area contributed by atoms with Crippen LogP contribution >= 0.6 is 0 Å². The minimum Gasteiger partial charge on any atom is -0.481 e. The molecule has 3 heteroatoms. The van der Waals surface area contributed by atoms with Gasteiger partial charge in [-0.3, -0.25) is 4.79 Å². The molecule has 2 rings (SSSR count). The number of rotatable bonds is 6. The topological polar surface area (TPSA) is 38.3 Å². The van der Waals surface area contributed by atoms with Crippen LogP contribution in [0.25, 0.3) is 0 Å². The highest BCUT2D eigenvalue weighted by Crippen LogP contribution is 2.19. The lowest BCUT2D eigenvalue weighted by Gasteiger charge is -2.18. The smallest absolute Gasteiger partial charge is 0.265 e. The third-order valence-electron chi connectivity index (χ3n) is 3.91. The molecule has 3 nitrogen and oxygen atoms in total. The number of hydrogen-bond donors (Lipinski definition) is 1. The summed E-state index contributed by atoms with van der Waals surface area (Å²) in [7, 11) is 0. The average molecular weight is 311 g/mol. The summed E-state index contributed by atoms with van der Waals surface area (Å²) in [5.41, 5.74) is 4.33. The second kappa shape index (κ2) is 7.82. The standard InChI is InChI=1S/C20H25NO2/c1-5-16-8-10-17(11-9-16)23-19(6-2)20(22)21-18-12-7-14(3)13-15(18)4/h7-13,19H,5-6H2,1-4H3,(H,21,22)/t19-/m0/s1. The molecule has 0 saturated heterocycles. The van der Waals surface area contributed by atoms with Crippen LogP contribution in [0.5, 0.6) is 5.75 Å². The summed E-state index contributed by atoms with van der Waals surface area (Å²) < 4.78 is 5.85. The molecule has 0 unspecified atom stereocenters. The summed E-state index contributed by atoms with van der Waals surface area (Å²) in [5.74, 6) is 0.615. The summed E-state index contributed by atoms with van der Waals surface area (Å²) in [6, 6.07) is 13.9. The Labute approximate surface area is 138 Å². The van der Waals surface area contributed by atoms with Crippen LogP contribution in [0, 0.1) is 13.8 Å². The third kappa shape index (κ3) is 4.59. The molecule has 0 fully saturated rings. The van der Waals surface area contributed by atoms with E-state index in [0.29, 0.717) is 6.42 Å². The lowest BCUT2D eigenvalue weighted by atomic mass is 10.1. The van der Waals surface area contributed by atoms with Crippen molar-refractivity contribution in [3.63, 3.8) is 0 Å². The maximum Gasteiger partial charge on any atom is 0.265 e. The van der Waals surface area contributed by atoms with E-state index < -0.39 is 6.10 Å². The molecule has 0 aromatic heterocycles. The van der Waals surface area contributed by atoms with Crippen molar-refractivity contribution in [2.24, 2.45) is 0 Å². The summed E-state index contributed by atoms with van der Waals surface area (Å²) >= 11 is 0. The number of carbonyl (C=O) groups is 1. The van der Waals surface area contributed by atoms with E-state index in [1.807, 2.05) is 57.2 Å². The number of benzene rings is 2. The van der Waals surface area contributed by atoms with Crippen molar-refractivity contribution >= 4 is 11.6 Å². The molecule has 0 aliphatic rings. The quantitative estimate of drug-likeness (QED) is 0.842. The van der Waals surface area contributed by atoms with Crippen molar-refractivity contribution in [3.05, 3.63) is 59.2 Å².